The quantitative estimate of drug-likeness (QED) is 0.403. The number of rotatable bonds is 8. The second kappa shape index (κ2) is 6.71. The van der Waals surface area contributed by atoms with Crippen LogP contribution in [0.2, 0.25) is 0 Å². The summed E-state index contributed by atoms with van der Waals surface area (Å²) in [6.45, 7) is 7.39. The van der Waals surface area contributed by atoms with Crippen LogP contribution in [0.4, 0.5) is 0 Å². The van der Waals surface area contributed by atoms with Crippen molar-refractivity contribution in [1.29, 1.82) is 0 Å². The van der Waals surface area contributed by atoms with Crippen LogP contribution in [0.25, 0.3) is 0 Å². The van der Waals surface area contributed by atoms with E-state index in [1.807, 2.05) is 6.92 Å². The molecule has 0 amide bonds. The molecule has 0 aromatic heterocycles. The van der Waals surface area contributed by atoms with Gasteiger partial charge in [0.25, 0.3) is 5.79 Å². The fraction of sp³-hybridized carbons (Fsp3) is 0.833. The molecule has 1 N–H and O–H groups in total. The van der Waals surface area contributed by atoms with Gasteiger partial charge in [-0.2, -0.15) is 0 Å². The highest BCUT2D eigenvalue weighted by Crippen LogP contribution is 2.25. The van der Waals surface area contributed by atoms with Crippen molar-refractivity contribution in [2.24, 2.45) is 0 Å². The molecule has 0 aliphatic heterocycles. The van der Waals surface area contributed by atoms with Gasteiger partial charge in [0, 0.05) is 0 Å². The molecule has 100 valence electrons. The molecule has 0 fully saturated rings. The molecule has 0 aliphatic rings. The summed E-state index contributed by atoms with van der Waals surface area (Å²) >= 11 is 0. The average Bonchev–Trinajstić information content (AvgIpc) is 2.15. The van der Waals surface area contributed by atoms with Gasteiger partial charge in [-0.3, -0.25) is 0 Å². The molecule has 0 saturated carbocycles. The topological polar surface area (TPSA) is 72.8 Å². The fourth-order valence-electron chi connectivity index (χ4n) is 1.31. The SMILES string of the molecule is CCCCOC(CC=O)(OC(C)(C)C)C(=O)O. The molecule has 0 radical (unpaired) electrons. The minimum Gasteiger partial charge on any atom is -0.477 e. The van der Waals surface area contributed by atoms with Crippen LogP contribution < -0.4 is 0 Å². The Morgan fingerprint density at radius 2 is 1.94 bits per heavy atom. The molecule has 0 heterocycles. The minimum atomic E-state index is -1.87. The van der Waals surface area contributed by atoms with Gasteiger partial charge in [-0.15, -0.1) is 0 Å². The number of carbonyl (C=O) groups excluding carboxylic acids is 1. The van der Waals surface area contributed by atoms with E-state index in [4.69, 9.17) is 9.47 Å². The Labute approximate surface area is 102 Å². The standard InChI is InChI=1S/C12H22O5/c1-5-6-9-16-12(7-8-13,10(14)15)17-11(2,3)4/h8H,5-7,9H2,1-4H3,(H,14,15). The third-order valence-electron chi connectivity index (χ3n) is 1.98. The Morgan fingerprint density at radius 1 is 1.35 bits per heavy atom. The number of carbonyl (C=O) groups is 2. The first kappa shape index (κ1) is 16.1. The normalized spacial score (nSPS) is 15.3. The van der Waals surface area contributed by atoms with Crippen LogP contribution in [0, 0.1) is 0 Å². The van der Waals surface area contributed by atoms with E-state index < -0.39 is 17.4 Å². The molecule has 0 saturated heterocycles. The van der Waals surface area contributed by atoms with Crippen molar-refractivity contribution in [3.63, 3.8) is 0 Å². The summed E-state index contributed by atoms with van der Waals surface area (Å²) in [5, 5.41) is 9.21. The largest absolute Gasteiger partial charge is 0.477 e. The maximum absolute atomic E-state index is 11.3. The molecule has 0 spiro atoms. The summed E-state index contributed by atoms with van der Waals surface area (Å²) < 4.78 is 10.7. The molecule has 0 bridgehead atoms. The number of hydrogen-bond acceptors (Lipinski definition) is 4. The summed E-state index contributed by atoms with van der Waals surface area (Å²) in [5.74, 6) is -3.13. The molecular weight excluding hydrogens is 224 g/mol. The van der Waals surface area contributed by atoms with Gasteiger partial charge in [0.05, 0.1) is 18.6 Å². The van der Waals surface area contributed by atoms with Crippen LogP contribution in [-0.4, -0.2) is 35.4 Å². The molecule has 0 aliphatic carbocycles. The monoisotopic (exact) mass is 246 g/mol. The van der Waals surface area contributed by atoms with Crippen LogP contribution in [0.3, 0.4) is 0 Å². The summed E-state index contributed by atoms with van der Waals surface area (Å²) in [6.07, 6.45) is 1.79. The number of aldehydes is 1. The smallest absolute Gasteiger partial charge is 0.364 e. The Morgan fingerprint density at radius 3 is 2.29 bits per heavy atom. The predicted molar refractivity (Wildman–Crippen MR) is 62.7 cm³/mol. The van der Waals surface area contributed by atoms with Gasteiger partial charge in [-0.05, 0) is 27.2 Å². The van der Waals surface area contributed by atoms with E-state index in [1.165, 1.54) is 0 Å². The van der Waals surface area contributed by atoms with E-state index in [-0.39, 0.29) is 13.0 Å². The summed E-state index contributed by atoms with van der Waals surface area (Å²) in [5.41, 5.74) is -0.701. The van der Waals surface area contributed by atoms with E-state index in [1.54, 1.807) is 20.8 Å². The first-order valence-electron chi connectivity index (χ1n) is 5.78. The maximum atomic E-state index is 11.3. The predicted octanol–water partition coefficient (Wildman–Crippen LogP) is 1.99. The average molecular weight is 246 g/mol. The van der Waals surface area contributed by atoms with Crippen molar-refractivity contribution in [1.82, 2.24) is 0 Å². The zero-order valence-corrected chi connectivity index (χ0v) is 11.0. The molecule has 0 rings (SSSR count). The van der Waals surface area contributed by atoms with Crippen LogP contribution in [0.5, 0.6) is 0 Å². The molecular formula is C12H22O5. The zero-order valence-electron chi connectivity index (χ0n) is 11.0. The minimum absolute atomic E-state index is 0.257. The summed E-state index contributed by atoms with van der Waals surface area (Å²) in [4.78, 5) is 21.9. The number of unbranched alkanes of at least 4 members (excludes halogenated alkanes) is 1. The number of carboxylic acids is 1. The second-order valence-electron chi connectivity index (χ2n) is 4.85. The third-order valence-corrected chi connectivity index (χ3v) is 1.98. The number of ether oxygens (including phenoxy) is 2. The van der Waals surface area contributed by atoms with Gasteiger partial charge < -0.3 is 19.4 Å². The number of aliphatic carboxylic acids is 1. The van der Waals surface area contributed by atoms with Crippen molar-refractivity contribution < 1.29 is 24.2 Å². The number of hydrogen-bond donors (Lipinski definition) is 1. The Kier molecular flexibility index (Phi) is 6.34. The first-order valence-corrected chi connectivity index (χ1v) is 5.78. The van der Waals surface area contributed by atoms with Crippen LogP contribution in [0.15, 0.2) is 0 Å². The molecule has 17 heavy (non-hydrogen) atoms. The zero-order chi connectivity index (χ0) is 13.5. The lowest BCUT2D eigenvalue weighted by atomic mass is 10.1. The van der Waals surface area contributed by atoms with Crippen molar-refractivity contribution in [2.75, 3.05) is 6.61 Å². The van der Waals surface area contributed by atoms with Crippen LogP contribution in [-0.2, 0) is 19.1 Å². The van der Waals surface area contributed by atoms with Crippen molar-refractivity contribution in [3.8, 4) is 0 Å². The van der Waals surface area contributed by atoms with Gasteiger partial charge in [-0.25, -0.2) is 4.79 Å². The maximum Gasteiger partial charge on any atom is 0.364 e. The van der Waals surface area contributed by atoms with Gasteiger partial charge in [0.2, 0.25) is 0 Å². The highest BCUT2D eigenvalue weighted by Gasteiger charge is 2.44. The summed E-state index contributed by atoms with van der Waals surface area (Å²) in [7, 11) is 0. The lowest BCUT2D eigenvalue weighted by Crippen LogP contribution is -2.49. The van der Waals surface area contributed by atoms with Crippen LogP contribution >= 0.6 is 0 Å². The lowest BCUT2D eigenvalue weighted by Gasteiger charge is -2.34. The van der Waals surface area contributed by atoms with Gasteiger partial charge in [0.15, 0.2) is 0 Å². The van der Waals surface area contributed by atoms with E-state index in [9.17, 15) is 14.7 Å². The second-order valence-corrected chi connectivity index (χ2v) is 4.85. The van der Waals surface area contributed by atoms with Gasteiger partial charge in [-0.1, -0.05) is 13.3 Å². The Hall–Kier alpha value is -0.940. The Bertz CT molecular complexity index is 256. The highest BCUT2D eigenvalue weighted by atomic mass is 16.7. The lowest BCUT2D eigenvalue weighted by molar-refractivity contribution is -0.274. The molecule has 5 heteroatoms. The summed E-state index contributed by atoms with van der Waals surface area (Å²) in [6, 6.07) is 0. The van der Waals surface area contributed by atoms with E-state index in [0.29, 0.717) is 6.29 Å². The molecule has 1 atom stereocenters. The Balaban J connectivity index is 4.85. The molecule has 0 aromatic carbocycles. The highest BCUT2D eigenvalue weighted by molar-refractivity contribution is 5.79. The van der Waals surface area contributed by atoms with E-state index in [2.05, 4.69) is 0 Å². The molecule has 0 aromatic rings. The van der Waals surface area contributed by atoms with Crippen molar-refractivity contribution in [3.05, 3.63) is 0 Å². The third kappa shape index (κ3) is 5.79. The first-order chi connectivity index (χ1) is 7.77. The van der Waals surface area contributed by atoms with E-state index >= 15 is 0 Å². The van der Waals surface area contributed by atoms with Gasteiger partial charge >= 0.3 is 5.97 Å². The molecule has 1 unspecified atom stereocenters. The molecule has 5 nitrogen and oxygen atoms in total. The fourth-order valence-corrected chi connectivity index (χ4v) is 1.31. The van der Waals surface area contributed by atoms with Crippen LogP contribution in [0.1, 0.15) is 47.0 Å². The van der Waals surface area contributed by atoms with Crippen molar-refractivity contribution >= 4 is 12.3 Å². The van der Waals surface area contributed by atoms with E-state index in [0.717, 1.165) is 12.8 Å². The van der Waals surface area contributed by atoms with Gasteiger partial charge in [0.1, 0.15) is 6.29 Å². The van der Waals surface area contributed by atoms with Crippen molar-refractivity contribution in [2.45, 2.75) is 58.3 Å². The number of carboxylic acid groups (broad SMARTS) is 1.